The minimum Gasteiger partial charge on any atom is -0.384 e. The largest absolute Gasteiger partial charge is 0.384 e. The van der Waals surface area contributed by atoms with Gasteiger partial charge in [0.25, 0.3) is 0 Å². The molecule has 1 aromatic heterocycles. The zero-order valence-electron chi connectivity index (χ0n) is 9.79. The summed E-state index contributed by atoms with van der Waals surface area (Å²) in [6.45, 7) is 0.00439. The van der Waals surface area contributed by atoms with Gasteiger partial charge in [-0.05, 0) is 12.1 Å². The molecule has 0 atom stereocenters. The number of hydrogen-bond acceptors (Lipinski definition) is 5. The van der Waals surface area contributed by atoms with Crippen molar-refractivity contribution in [2.24, 2.45) is 0 Å². The zero-order chi connectivity index (χ0) is 13.9. The predicted octanol–water partition coefficient (Wildman–Crippen LogP) is 0.342. The molecule has 0 saturated heterocycles. The molecule has 0 radical (unpaired) electrons. The van der Waals surface area contributed by atoms with E-state index in [2.05, 4.69) is 14.9 Å². The summed E-state index contributed by atoms with van der Waals surface area (Å²) in [5.74, 6) is 0.302. The standard InChI is InChI=1S/C11H11N5O2S/c12-5-8-3-1-2-4-10(8)19(17,18)15-7-9-6-14-16-11(9)13/h1-4,6,15H,7H2,(H3,13,14,16). The van der Waals surface area contributed by atoms with Crippen molar-refractivity contribution < 1.29 is 8.42 Å². The predicted molar refractivity (Wildman–Crippen MR) is 68.2 cm³/mol. The first-order valence-electron chi connectivity index (χ1n) is 5.31. The van der Waals surface area contributed by atoms with Crippen LogP contribution in [-0.2, 0) is 16.6 Å². The van der Waals surface area contributed by atoms with Gasteiger partial charge in [-0.3, -0.25) is 5.10 Å². The number of sulfonamides is 1. The number of nitrogens with zero attached hydrogens (tertiary/aromatic N) is 2. The number of nitrogen functional groups attached to an aromatic ring is 1. The van der Waals surface area contributed by atoms with E-state index in [9.17, 15) is 8.42 Å². The van der Waals surface area contributed by atoms with Gasteiger partial charge in [-0.15, -0.1) is 0 Å². The van der Waals surface area contributed by atoms with E-state index in [1.54, 1.807) is 12.1 Å². The molecule has 0 aliphatic rings. The first kappa shape index (κ1) is 13.1. The van der Waals surface area contributed by atoms with Crippen LogP contribution in [0.15, 0.2) is 35.4 Å². The summed E-state index contributed by atoms with van der Waals surface area (Å²) in [7, 11) is -3.77. The lowest BCUT2D eigenvalue weighted by atomic mass is 10.2. The first-order valence-corrected chi connectivity index (χ1v) is 6.79. The van der Waals surface area contributed by atoms with Crippen molar-refractivity contribution in [1.29, 1.82) is 5.26 Å². The number of anilines is 1. The average Bonchev–Trinajstić information content (AvgIpc) is 2.82. The number of aromatic amines is 1. The van der Waals surface area contributed by atoms with Gasteiger partial charge in [0.15, 0.2) is 0 Å². The molecular formula is C11H11N5O2S. The second kappa shape index (κ2) is 5.09. The number of aromatic nitrogens is 2. The first-order chi connectivity index (χ1) is 9.04. The Bertz CT molecular complexity index is 730. The SMILES string of the molecule is N#Cc1ccccc1S(=O)(=O)NCc1cn[nH]c1N. The Kier molecular flexibility index (Phi) is 3.50. The highest BCUT2D eigenvalue weighted by molar-refractivity contribution is 7.89. The van der Waals surface area contributed by atoms with Gasteiger partial charge in [0.05, 0.1) is 16.7 Å². The lowest BCUT2D eigenvalue weighted by Gasteiger charge is -2.07. The Morgan fingerprint density at radius 1 is 1.42 bits per heavy atom. The van der Waals surface area contributed by atoms with Crippen molar-refractivity contribution >= 4 is 15.8 Å². The molecule has 19 heavy (non-hydrogen) atoms. The zero-order valence-corrected chi connectivity index (χ0v) is 10.6. The highest BCUT2D eigenvalue weighted by Crippen LogP contribution is 2.15. The van der Waals surface area contributed by atoms with Crippen LogP contribution in [0.3, 0.4) is 0 Å². The minimum atomic E-state index is -3.77. The molecule has 1 heterocycles. The summed E-state index contributed by atoms with van der Waals surface area (Å²) >= 11 is 0. The maximum atomic E-state index is 12.1. The molecule has 7 nitrogen and oxygen atoms in total. The molecule has 0 amide bonds. The Labute approximate surface area is 110 Å². The number of nitriles is 1. The molecule has 1 aromatic carbocycles. The van der Waals surface area contributed by atoms with E-state index in [0.717, 1.165) is 0 Å². The van der Waals surface area contributed by atoms with Gasteiger partial charge in [0.1, 0.15) is 11.9 Å². The van der Waals surface area contributed by atoms with E-state index in [1.165, 1.54) is 18.3 Å². The molecule has 0 unspecified atom stereocenters. The molecule has 2 rings (SSSR count). The van der Waals surface area contributed by atoms with Crippen LogP contribution in [0, 0.1) is 11.3 Å². The molecule has 0 bridgehead atoms. The number of H-pyrrole nitrogens is 1. The number of hydrogen-bond donors (Lipinski definition) is 3. The number of nitrogens with two attached hydrogens (primary N) is 1. The lowest BCUT2D eigenvalue weighted by Crippen LogP contribution is -2.24. The highest BCUT2D eigenvalue weighted by Gasteiger charge is 2.18. The molecule has 4 N–H and O–H groups in total. The molecule has 0 aliphatic heterocycles. The number of benzene rings is 1. The van der Waals surface area contributed by atoms with Crippen molar-refractivity contribution in [3.63, 3.8) is 0 Å². The van der Waals surface area contributed by atoms with Crippen molar-refractivity contribution in [1.82, 2.24) is 14.9 Å². The Hall–Kier alpha value is -2.37. The van der Waals surface area contributed by atoms with E-state index in [1.807, 2.05) is 6.07 Å². The van der Waals surface area contributed by atoms with Crippen LogP contribution in [0.5, 0.6) is 0 Å². The molecule has 0 aliphatic carbocycles. The molecular weight excluding hydrogens is 266 g/mol. The highest BCUT2D eigenvalue weighted by atomic mass is 32.2. The number of nitrogens with one attached hydrogen (secondary N) is 2. The molecule has 2 aromatic rings. The Morgan fingerprint density at radius 3 is 2.79 bits per heavy atom. The maximum absolute atomic E-state index is 12.1. The van der Waals surface area contributed by atoms with Crippen molar-refractivity contribution in [2.45, 2.75) is 11.4 Å². The monoisotopic (exact) mass is 277 g/mol. The van der Waals surface area contributed by atoms with Gasteiger partial charge in [-0.25, -0.2) is 13.1 Å². The van der Waals surface area contributed by atoms with Gasteiger partial charge < -0.3 is 5.73 Å². The van der Waals surface area contributed by atoms with E-state index in [4.69, 9.17) is 11.0 Å². The van der Waals surface area contributed by atoms with E-state index in [-0.39, 0.29) is 17.0 Å². The summed E-state index contributed by atoms with van der Waals surface area (Å²) in [5.41, 5.74) is 6.19. The van der Waals surface area contributed by atoms with Gasteiger partial charge in [-0.2, -0.15) is 10.4 Å². The van der Waals surface area contributed by atoms with Crippen LogP contribution in [0.1, 0.15) is 11.1 Å². The third-order valence-electron chi connectivity index (χ3n) is 2.50. The third kappa shape index (κ3) is 2.73. The minimum absolute atomic E-state index is 0.00439. The van der Waals surface area contributed by atoms with Crippen LogP contribution in [0.2, 0.25) is 0 Å². The second-order valence-corrected chi connectivity index (χ2v) is 5.48. The van der Waals surface area contributed by atoms with E-state index < -0.39 is 10.0 Å². The smallest absolute Gasteiger partial charge is 0.242 e. The van der Waals surface area contributed by atoms with Crippen LogP contribution in [0.25, 0.3) is 0 Å². The Balaban J connectivity index is 2.24. The molecule has 0 saturated carbocycles. The summed E-state index contributed by atoms with van der Waals surface area (Å²) in [4.78, 5) is -0.0560. The van der Waals surface area contributed by atoms with E-state index in [0.29, 0.717) is 11.4 Å². The van der Waals surface area contributed by atoms with Gasteiger partial charge in [0.2, 0.25) is 10.0 Å². The quantitative estimate of drug-likeness (QED) is 0.743. The fraction of sp³-hybridized carbons (Fsp3) is 0.0909. The summed E-state index contributed by atoms with van der Waals surface area (Å²) < 4.78 is 26.5. The van der Waals surface area contributed by atoms with E-state index >= 15 is 0 Å². The van der Waals surface area contributed by atoms with Gasteiger partial charge >= 0.3 is 0 Å². The van der Waals surface area contributed by atoms with Crippen molar-refractivity contribution in [3.8, 4) is 6.07 Å². The maximum Gasteiger partial charge on any atom is 0.242 e. The summed E-state index contributed by atoms with van der Waals surface area (Å²) in [6.07, 6.45) is 1.44. The lowest BCUT2D eigenvalue weighted by molar-refractivity contribution is 0.581. The molecule has 98 valence electrons. The normalized spacial score (nSPS) is 11.1. The fourth-order valence-electron chi connectivity index (χ4n) is 1.51. The van der Waals surface area contributed by atoms with Crippen LogP contribution in [0.4, 0.5) is 5.82 Å². The molecule has 0 fully saturated rings. The van der Waals surface area contributed by atoms with Gasteiger partial charge in [-0.1, -0.05) is 12.1 Å². The Morgan fingerprint density at radius 2 is 2.16 bits per heavy atom. The number of rotatable bonds is 4. The molecule has 0 spiro atoms. The van der Waals surface area contributed by atoms with Crippen LogP contribution < -0.4 is 10.5 Å². The van der Waals surface area contributed by atoms with Crippen molar-refractivity contribution in [2.75, 3.05) is 5.73 Å². The van der Waals surface area contributed by atoms with Crippen LogP contribution >= 0.6 is 0 Å². The van der Waals surface area contributed by atoms with Gasteiger partial charge in [0, 0.05) is 12.1 Å². The third-order valence-corrected chi connectivity index (χ3v) is 3.96. The second-order valence-electron chi connectivity index (χ2n) is 3.74. The summed E-state index contributed by atoms with van der Waals surface area (Å²) in [5, 5.41) is 15.1. The average molecular weight is 277 g/mol. The van der Waals surface area contributed by atoms with Crippen LogP contribution in [-0.4, -0.2) is 18.6 Å². The summed E-state index contributed by atoms with van der Waals surface area (Å²) in [6, 6.07) is 7.82. The topological polar surface area (TPSA) is 125 Å². The fourth-order valence-corrected chi connectivity index (χ4v) is 2.67. The molecule has 8 heteroatoms. The van der Waals surface area contributed by atoms with Crippen molar-refractivity contribution in [3.05, 3.63) is 41.6 Å².